The van der Waals surface area contributed by atoms with E-state index in [2.05, 4.69) is 22.0 Å². The van der Waals surface area contributed by atoms with Crippen LogP contribution in [0.1, 0.15) is 32.0 Å². The summed E-state index contributed by atoms with van der Waals surface area (Å²) in [6.45, 7) is 4.49. The van der Waals surface area contributed by atoms with Crippen LogP contribution in [0.25, 0.3) is 5.65 Å². The Morgan fingerprint density at radius 1 is 1.37 bits per heavy atom. The fraction of sp³-hybridized carbons (Fsp3) is 0.571. The normalized spacial score (nSPS) is 21.0. The second-order valence-electron chi connectivity index (χ2n) is 5.19. The minimum atomic E-state index is 0.192. The van der Waals surface area contributed by atoms with E-state index in [0.29, 0.717) is 11.7 Å². The summed E-state index contributed by atoms with van der Waals surface area (Å²) in [6, 6.07) is 4.02. The quantitative estimate of drug-likeness (QED) is 0.915. The zero-order valence-electron chi connectivity index (χ0n) is 11.3. The van der Waals surface area contributed by atoms with Gasteiger partial charge in [-0.05, 0) is 38.1 Å². The summed E-state index contributed by atoms with van der Waals surface area (Å²) in [7, 11) is 0. The average Bonchev–Trinajstić information content (AvgIpc) is 2.84. The Morgan fingerprint density at radius 3 is 3.11 bits per heavy atom. The highest BCUT2D eigenvalue weighted by Gasteiger charge is 2.23. The molecule has 2 aromatic rings. The van der Waals surface area contributed by atoms with E-state index in [1.807, 2.05) is 16.7 Å². The number of pyridine rings is 1. The number of aromatic hydroxyl groups is 1. The highest BCUT2D eigenvalue weighted by atomic mass is 16.3. The molecule has 0 saturated carbocycles. The van der Waals surface area contributed by atoms with Gasteiger partial charge in [-0.2, -0.15) is 0 Å². The van der Waals surface area contributed by atoms with E-state index in [-0.39, 0.29) is 5.75 Å². The van der Waals surface area contributed by atoms with E-state index < -0.39 is 0 Å². The SMILES string of the molecule is CCN1CCCCC1Cc1nnc2c(O)cccn12. The molecular weight excluding hydrogens is 240 g/mol. The lowest BCUT2D eigenvalue weighted by molar-refractivity contribution is 0.153. The van der Waals surface area contributed by atoms with Gasteiger partial charge < -0.3 is 10.0 Å². The lowest BCUT2D eigenvalue weighted by Crippen LogP contribution is -2.40. The van der Waals surface area contributed by atoms with Crippen LogP contribution in [0.15, 0.2) is 18.3 Å². The first kappa shape index (κ1) is 12.4. The molecule has 1 aliphatic heterocycles. The molecule has 0 bridgehead atoms. The van der Waals surface area contributed by atoms with Crippen LogP contribution in [-0.2, 0) is 6.42 Å². The third kappa shape index (κ3) is 2.30. The Bertz CT molecular complexity index is 566. The van der Waals surface area contributed by atoms with Gasteiger partial charge in [0.25, 0.3) is 0 Å². The fourth-order valence-corrected chi connectivity index (χ4v) is 3.01. The number of piperidine rings is 1. The standard InChI is InChI=1S/C14H20N4O/c1-2-17-8-4-3-6-11(17)10-13-15-16-14-12(19)7-5-9-18(13)14/h5,7,9,11,19H,2-4,6,8,10H2,1H3. The zero-order chi connectivity index (χ0) is 13.2. The van der Waals surface area contributed by atoms with Gasteiger partial charge in [-0.1, -0.05) is 13.3 Å². The van der Waals surface area contributed by atoms with E-state index >= 15 is 0 Å². The summed E-state index contributed by atoms with van der Waals surface area (Å²) in [6.07, 6.45) is 6.64. The molecule has 1 atom stereocenters. The maximum Gasteiger partial charge on any atom is 0.203 e. The van der Waals surface area contributed by atoms with Crippen molar-refractivity contribution in [2.45, 2.75) is 38.6 Å². The van der Waals surface area contributed by atoms with E-state index in [4.69, 9.17) is 0 Å². The van der Waals surface area contributed by atoms with Crippen LogP contribution in [0.2, 0.25) is 0 Å². The van der Waals surface area contributed by atoms with Crippen LogP contribution in [-0.4, -0.2) is 43.7 Å². The average molecular weight is 260 g/mol. The topological polar surface area (TPSA) is 53.7 Å². The van der Waals surface area contributed by atoms with Crippen molar-refractivity contribution >= 4 is 5.65 Å². The summed E-state index contributed by atoms with van der Waals surface area (Å²) < 4.78 is 1.90. The number of likely N-dealkylation sites (tertiary alicyclic amines) is 1. The van der Waals surface area contributed by atoms with Crippen molar-refractivity contribution in [2.24, 2.45) is 0 Å². The van der Waals surface area contributed by atoms with Gasteiger partial charge in [0.15, 0.2) is 5.75 Å². The maximum absolute atomic E-state index is 9.75. The Hall–Kier alpha value is -1.62. The summed E-state index contributed by atoms with van der Waals surface area (Å²) >= 11 is 0. The summed E-state index contributed by atoms with van der Waals surface area (Å²) in [5, 5.41) is 18.1. The Kier molecular flexibility index (Phi) is 3.38. The molecule has 19 heavy (non-hydrogen) atoms. The maximum atomic E-state index is 9.75. The molecule has 0 spiro atoms. The van der Waals surface area contributed by atoms with Crippen molar-refractivity contribution in [1.29, 1.82) is 0 Å². The van der Waals surface area contributed by atoms with Gasteiger partial charge in [-0.3, -0.25) is 4.40 Å². The Balaban J connectivity index is 1.86. The van der Waals surface area contributed by atoms with Gasteiger partial charge in [-0.25, -0.2) is 0 Å². The van der Waals surface area contributed by atoms with Crippen LogP contribution in [0, 0.1) is 0 Å². The Morgan fingerprint density at radius 2 is 2.26 bits per heavy atom. The third-order valence-electron chi connectivity index (χ3n) is 4.06. The lowest BCUT2D eigenvalue weighted by atomic mass is 9.99. The molecule has 3 rings (SSSR count). The minimum absolute atomic E-state index is 0.192. The summed E-state index contributed by atoms with van der Waals surface area (Å²) in [5.41, 5.74) is 0.552. The van der Waals surface area contributed by atoms with E-state index in [0.717, 1.165) is 18.8 Å². The monoisotopic (exact) mass is 260 g/mol. The summed E-state index contributed by atoms with van der Waals surface area (Å²) in [4.78, 5) is 2.52. The van der Waals surface area contributed by atoms with Crippen LogP contribution in [0.5, 0.6) is 5.75 Å². The number of fused-ring (bicyclic) bond motifs is 1. The number of hydrogen-bond acceptors (Lipinski definition) is 4. The van der Waals surface area contributed by atoms with Crippen LogP contribution >= 0.6 is 0 Å². The van der Waals surface area contributed by atoms with Gasteiger partial charge in [-0.15, -0.1) is 10.2 Å². The molecule has 3 heterocycles. The molecule has 1 unspecified atom stereocenters. The van der Waals surface area contributed by atoms with E-state index in [1.165, 1.54) is 25.8 Å². The van der Waals surface area contributed by atoms with E-state index in [9.17, 15) is 5.11 Å². The molecule has 2 aromatic heterocycles. The lowest BCUT2D eigenvalue weighted by Gasteiger charge is -2.34. The van der Waals surface area contributed by atoms with Gasteiger partial charge >= 0.3 is 0 Å². The van der Waals surface area contributed by atoms with Gasteiger partial charge in [0.2, 0.25) is 5.65 Å². The highest BCUT2D eigenvalue weighted by Crippen LogP contribution is 2.22. The molecule has 1 aliphatic rings. The molecule has 5 nitrogen and oxygen atoms in total. The van der Waals surface area contributed by atoms with Crippen molar-refractivity contribution < 1.29 is 5.11 Å². The Labute approximate surface area is 112 Å². The molecule has 0 aromatic carbocycles. The smallest absolute Gasteiger partial charge is 0.203 e. The van der Waals surface area contributed by atoms with Crippen molar-refractivity contribution in [3.8, 4) is 5.75 Å². The fourth-order valence-electron chi connectivity index (χ4n) is 3.01. The van der Waals surface area contributed by atoms with Crippen molar-refractivity contribution in [3.05, 3.63) is 24.2 Å². The third-order valence-corrected chi connectivity index (χ3v) is 4.06. The first-order chi connectivity index (χ1) is 9.29. The molecule has 5 heteroatoms. The van der Waals surface area contributed by atoms with Crippen molar-refractivity contribution in [3.63, 3.8) is 0 Å². The number of likely N-dealkylation sites (N-methyl/N-ethyl adjacent to an activating group) is 1. The van der Waals surface area contributed by atoms with Crippen LogP contribution in [0.3, 0.4) is 0 Å². The second-order valence-corrected chi connectivity index (χ2v) is 5.19. The molecule has 102 valence electrons. The predicted octanol–water partition coefficient (Wildman–Crippen LogP) is 1.85. The molecule has 1 N–H and O–H groups in total. The van der Waals surface area contributed by atoms with Crippen LogP contribution in [0.4, 0.5) is 0 Å². The molecular formula is C14H20N4O. The minimum Gasteiger partial charge on any atom is -0.504 e. The molecule has 1 saturated heterocycles. The van der Waals surface area contributed by atoms with E-state index in [1.54, 1.807) is 6.07 Å². The first-order valence-corrected chi connectivity index (χ1v) is 7.05. The van der Waals surface area contributed by atoms with Gasteiger partial charge in [0.1, 0.15) is 5.82 Å². The first-order valence-electron chi connectivity index (χ1n) is 7.05. The van der Waals surface area contributed by atoms with Gasteiger partial charge in [0.05, 0.1) is 0 Å². The molecule has 0 radical (unpaired) electrons. The molecule has 0 amide bonds. The zero-order valence-corrected chi connectivity index (χ0v) is 11.3. The summed E-state index contributed by atoms with van der Waals surface area (Å²) in [5.74, 6) is 1.13. The predicted molar refractivity (Wildman–Crippen MR) is 73.2 cm³/mol. The molecule has 0 aliphatic carbocycles. The number of hydrogen-bond donors (Lipinski definition) is 1. The van der Waals surface area contributed by atoms with Crippen LogP contribution < -0.4 is 0 Å². The second kappa shape index (κ2) is 5.17. The van der Waals surface area contributed by atoms with Crippen molar-refractivity contribution in [2.75, 3.05) is 13.1 Å². The number of aromatic nitrogens is 3. The number of nitrogens with zero attached hydrogens (tertiary/aromatic N) is 4. The molecule has 1 fully saturated rings. The highest BCUT2D eigenvalue weighted by molar-refractivity contribution is 5.51. The number of rotatable bonds is 3. The van der Waals surface area contributed by atoms with Gasteiger partial charge in [0, 0.05) is 18.7 Å². The largest absolute Gasteiger partial charge is 0.504 e. The van der Waals surface area contributed by atoms with Crippen molar-refractivity contribution in [1.82, 2.24) is 19.5 Å².